The highest BCUT2D eigenvalue weighted by molar-refractivity contribution is 6.36. The fourth-order valence-electron chi connectivity index (χ4n) is 7.14. The second kappa shape index (κ2) is 9.60. The molecule has 39 heavy (non-hydrogen) atoms. The van der Waals surface area contributed by atoms with E-state index in [1.165, 1.54) is 29.7 Å². The molecule has 0 bridgehead atoms. The first-order valence-electron chi connectivity index (χ1n) is 14.1. The van der Waals surface area contributed by atoms with Gasteiger partial charge in [0, 0.05) is 61.4 Å². The Hall–Kier alpha value is -3.51. The lowest BCUT2D eigenvalue weighted by atomic mass is 9.71. The monoisotopic (exact) mass is 540 g/mol. The van der Waals surface area contributed by atoms with Crippen LogP contribution < -0.4 is 4.90 Å². The third-order valence-electron chi connectivity index (χ3n) is 9.53. The fraction of sp³-hybridized carbons (Fsp3) is 0.375. The van der Waals surface area contributed by atoms with E-state index in [0.717, 1.165) is 62.8 Å². The quantitative estimate of drug-likeness (QED) is 0.324. The van der Waals surface area contributed by atoms with Crippen molar-refractivity contribution in [2.45, 2.75) is 44.6 Å². The number of aryl methyl sites for hydroxylation is 1. The normalized spacial score (nSPS) is 20.5. The number of halogens is 1. The first-order chi connectivity index (χ1) is 19.0. The van der Waals surface area contributed by atoms with E-state index >= 15 is 0 Å². The van der Waals surface area contributed by atoms with E-state index in [9.17, 15) is 9.90 Å². The molecule has 7 heteroatoms. The Morgan fingerprint density at radius 1 is 0.974 bits per heavy atom. The molecule has 1 amide bonds. The molecular weight excluding hydrogens is 508 g/mol. The SMILES string of the molecule is O=C(c1ccc2c(c1)CC[C@@H]2n1cc2cccc(Cl)c2c1O)N1CCC2(CC1)CCN(c1ccncc1)CC2. The molecule has 0 radical (unpaired) electrons. The van der Waals surface area contributed by atoms with Crippen molar-refractivity contribution in [2.75, 3.05) is 31.1 Å². The molecule has 0 saturated carbocycles. The maximum Gasteiger partial charge on any atom is 0.253 e. The molecule has 2 saturated heterocycles. The minimum absolute atomic E-state index is 0.0421. The highest BCUT2D eigenvalue weighted by Gasteiger charge is 2.39. The van der Waals surface area contributed by atoms with Crippen molar-refractivity contribution in [3.8, 4) is 5.88 Å². The van der Waals surface area contributed by atoms with Crippen LogP contribution in [-0.2, 0) is 6.42 Å². The summed E-state index contributed by atoms with van der Waals surface area (Å²) >= 11 is 6.37. The number of piperidine rings is 2. The van der Waals surface area contributed by atoms with Gasteiger partial charge in [0.05, 0.1) is 16.5 Å². The summed E-state index contributed by atoms with van der Waals surface area (Å²) < 4.78 is 1.94. The molecule has 3 aliphatic rings. The molecule has 0 unspecified atom stereocenters. The number of aromatic hydroxyl groups is 1. The maximum atomic E-state index is 13.5. The van der Waals surface area contributed by atoms with Crippen LogP contribution in [0.3, 0.4) is 0 Å². The van der Waals surface area contributed by atoms with Gasteiger partial charge in [-0.15, -0.1) is 0 Å². The minimum Gasteiger partial charge on any atom is -0.494 e. The van der Waals surface area contributed by atoms with Gasteiger partial charge in [0.25, 0.3) is 5.91 Å². The fourth-order valence-corrected chi connectivity index (χ4v) is 7.41. The summed E-state index contributed by atoms with van der Waals surface area (Å²) in [7, 11) is 0. The molecule has 4 heterocycles. The number of carbonyl (C=O) groups is 1. The van der Waals surface area contributed by atoms with Crippen molar-refractivity contribution in [1.82, 2.24) is 14.5 Å². The molecule has 2 fully saturated rings. The van der Waals surface area contributed by atoms with Crippen molar-refractivity contribution >= 4 is 34.0 Å². The molecule has 7 rings (SSSR count). The first kappa shape index (κ1) is 24.5. The third-order valence-corrected chi connectivity index (χ3v) is 9.84. The summed E-state index contributed by atoms with van der Waals surface area (Å²) in [5, 5.41) is 13.2. The number of fused-ring (bicyclic) bond motifs is 2. The second-order valence-corrected chi connectivity index (χ2v) is 11.9. The molecule has 2 aliphatic heterocycles. The smallest absolute Gasteiger partial charge is 0.253 e. The van der Waals surface area contributed by atoms with E-state index in [0.29, 0.717) is 15.8 Å². The average molecular weight is 541 g/mol. The second-order valence-electron chi connectivity index (χ2n) is 11.5. The topological polar surface area (TPSA) is 61.6 Å². The van der Waals surface area contributed by atoms with Crippen molar-refractivity contribution in [3.63, 3.8) is 0 Å². The van der Waals surface area contributed by atoms with E-state index in [1.807, 2.05) is 47.4 Å². The summed E-state index contributed by atoms with van der Waals surface area (Å²) in [4.78, 5) is 22.2. The van der Waals surface area contributed by atoms with E-state index in [-0.39, 0.29) is 17.8 Å². The van der Waals surface area contributed by atoms with Crippen LogP contribution in [0.25, 0.3) is 10.8 Å². The van der Waals surface area contributed by atoms with Gasteiger partial charge in [0.15, 0.2) is 0 Å². The molecule has 1 spiro atoms. The van der Waals surface area contributed by atoms with Gasteiger partial charge in [-0.1, -0.05) is 29.8 Å². The Morgan fingerprint density at radius 2 is 1.72 bits per heavy atom. The number of anilines is 1. The standard InChI is InChI=1S/C32H33ClN4O2/c33-27-3-1-2-24-21-37(31(39)29(24)27)28-7-5-22-20-23(4-6-26(22)28)30(38)36-18-12-32(13-19-36)10-16-35(17-11-32)25-8-14-34-15-9-25/h1-4,6,8-9,14-15,20-21,28,39H,5,7,10-13,16-19H2/t28-/m0/s1. The number of pyridine rings is 1. The van der Waals surface area contributed by atoms with Crippen LogP contribution >= 0.6 is 11.6 Å². The molecule has 1 aliphatic carbocycles. The van der Waals surface area contributed by atoms with Gasteiger partial charge in [-0.3, -0.25) is 9.78 Å². The van der Waals surface area contributed by atoms with Crippen LogP contribution in [0.1, 0.15) is 59.6 Å². The lowest BCUT2D eigenvalue weighted by Crippen LogP contribution is -2.48. The van der Waals surface area contributed by atoms with Gasteiger partial charge in [-0.2, -0.15) is 0 Å². The molecule has 2 aromatic carbocycles. The zero-order valence-electron chi connectivity index (χ0n) is 22.0. The highest BCUT2D eigenvalue weighted by Crippen LogP contribution is 2.44. The molecule has 2 aromatic heterocycles. The number of amides is 1. The van der Waals surface area contributed by atoms with Gasteiger partial charge < -0.3 is 19.5 Å². The van der Waals surface area contributed by atoms with Crippen LogP contribution in [-0.4, -0.2) is 51.6 Å². The minimum atomic E-state index is 0.0421. The summed E-state index contributed by atoms with van der Waals surface area (Å²) in [5.41, 5.74) is 4.78. The van der Waals surface area contributed by atoms with Crippen molar-refractivity contribution in [2.24, 2.45) is 5.41 Å². The Morgan fingerprint density at radius 3 is 2.46 bits per heavy atom. The van der Waals surface area contributed by atoms with E-state index < -0.39 is 0 Å². The number of benzene rings is 2. The molecule has 1 atom stereocenters. The summed E-state index contributed by atoms with van der Waals surface area (Å²) in [6.07, 6.45) is 12.0. The molecule has 6 nitrogen and oxygen atoms in total. The largest absolute Gasteiger partial charge is 0.494 e. The lowest BCUT2D eigenvalue weighted by molar-refractivity contribution is 0.0515. The molecule has 4 aromatic rings. The summed E-state index contributed by atoms with van der Waals surface area (Å²) in [6, 6.07) is 16.1. The van der Waals surface area contributed by atoms with Crippen molar-refractivity contribution in [3.05, 3.63) is 88.8 Å². The number of rotatable bonds is 3. The Labute approximate surface area is 233 Å². The van der Waals surface area contributed by atoms with Gasteiger partial charge >= 0.3 is 0 Å². The van der Waals surface area contributed by atoms with Crippen molar-refractivity contribution < 1.29 is 9.90 Å². The number of aromatic nitrogens is 2. The zero-order chi connectivity index (χ0) is 26.6. The number of hydrogen-bond acceptors (Lipinski definition) is 4. The van der Waals surface area contributed by atoms with Crippen LogP contribution in [0.15, 0.2) is 67.1 Å². The summed E-state index contributed by atoms with van der Waals surface area (Å²) in [6.45, 7) is 3.81. The highest BCUT2D eigenvalue weighted by atomic mass is 35.5. The number of hydrogen-bond donors (Lipinski definition) is 1. The maximum absolute atomic E-state index is 13.5. The summed E-state index contributed by atoms with van der Waals surface area (Å²) in [5.74, 6) is 0.356. The first-order valence-corrected chi connectivity index (χ1v) is 14.4. The van der Waals surface area contributed by atoms with E-state index in [1.54, 1.807) is 0 Å². The number of carbonyl (C=O) groups excluding carboxylic acids is 1. The molecule has 200 valence electrons. The average Bonchev–Trinajstić information content (AvgIpc) is 3.54. The zero-order valence-corrected chi connectivity index (χ0v) is 22.8. The Bertz CT molecular complexity index is 1530. The van der Waals surface area contributed by atoms with E-state index in [2.05, 4.69) is 39.0 Å². The van der Waals surface area contributed by atoms with Crippen LogP contribution in [0.5, 0.6) is 5.88 Å². The van der Waals surface area contributed by atoms with Crippen LogP contribution in [0.4, 0.5) is 5.69 Å². The van der Waals surface area contributed by atoms with Crippen molar-refractivity contribution in [1.29, 1.82) is 0 Å². The van der Waals surface area contributed by atoms with Gasteiger partial charge in [0.2, 0.25) is 5.88 Å². The van der Waals surface area contributed by atoms with Gasteiger partial charge in [-0.05, 0) is 85.4 Å². The van der Waals surface area contributed by atoms with Crippen LogP contribution in [0, 0.1) is 5.41 Å². The number of nitrogens with zero attached hydrogens (tertiary/aromatic N) is 4. The molecule has 1 N–H and O–H groups in total. The Balaban J connectivity index is 1.02. The predicted octanol–water partition coefficient (Wildman–Crippen LogP) is 6.45. The lowest BCUT2D eigenvalue weighted by Gasteiger charge is -2.47. The third kappa shape index (κ3) is 4.26. The molecular formula is C32H33ClN4O2. The van der Waals surface area contributed by atoms with Gasteiger partial charge in [-0.25, -0.2) is 0 Å². The van der Waals surface area contributed by atoms with Gasteiger partial charge in [0.1, 0.15) is 0 Å². The Kier molecular flexibility index (Phi) is 6.03. The predicted molar refractivity (Wildman–Crippen MR) is 155 cm³/mol. The number of likely N-dealkylation sites (tertiary alicyclic amines) is 1. The van der Waals surface area contributed by atoms with Crippen LogP contribution in [0.2, 0.25) is 5.02 Å². The van der Waals surface area contributed by atoms with E-state index in [4.69, 9.17) is 11.6 Å².